The Labute approximate surface area is 87.5 Å². The number of aliphatic hydroxyl groups excluding tert-OH is 1. The molecule has 0 fully saturated rings. The first-order valence-electron chi connectivity index (χ1n) is 2.16. The van der Waals surface area contributed by atoms with Gasteiger partial charge in [0.25, 0.3) is 0 Å². The quantitative estimate of drug-likeness (QED) is 0.614. The van der Waals surface area contributed by atoms with Crippen LogP contribution in [0, 0.1) is 38.6 Å². The van der Waals surface area contributed by atoms with Crippen LogP contribution in [0.25, 0.3) is 0 Å². The van der Waals surface area contributed by atoms with Crippen LogP contribution in [0.15, 0.2) is 0 Å². The molecule has 0 aliphatic heterocycles. The van der Waals surface area contributed by atoms with E-state index in [0.29, 0.717) is 0 Å². The van der Waals surface area contributed by atoms with Gasteiger partial charge in [-0.3, -0.25) is 4.79 Å². The Hall–Kier alpha value is 0.186. The number of hydrogen-bond donors (Lipinski definition) is 3. The van der Waals surface area contributed by atoms with Crippen molar-refractivity contribution in [3.8, 4) is 0 Å². The second kappa shape index (κ2) is 5.93. The third-order valence-corrected chi connectivity index (χ3v) is 0.653. The van der Waals surface area contributed by atoms with Gasteiger partial charge in [-0.05, 0) is 0 Å². The monoisotopic (exact) mass is 293 g/mol. The van der Waals surface area contributed by atoms with Gasteiger partial charge in [-0.1, -0.05) is 0 Å². The Kier molecular flexibility index (Phi) is 7.61. The number of carbonyl (C=O) groups is 2. The summed E-state index contributed by atoms with van der Waals surface area (Å²) in [6, 6.07) is 0. The molecule has 0 aliphatic carbocycles. The van der Waals surface area contributed by atoms with Crippen LogP contribution in [-0.2, 0) is 9.59 Å². The average Bonchev–Trinajstić information content (AvgIpc) is 1.63. The van der Waals surface area contributed by atoms with Gasteiger partial charge in [-0.25, -0.2) is 4.79 Å². The first-order valence-corrected chi connectivity index (χ1v) is 2.16. The van der Waals surface area contributed by atoms with Crippen molar-refractivity contribution in [2.75, 3.05) is 0 Å². The van der Waals surface area contributed by atoms with Gasteiger partial charge in [0.2, 0.25) is 0 Å². The molecular formula is C4H6O5Tb. The molecule has 0 aromatic heterocycles. The normalized spacial score (nSPS) is 11.3. The fourth-order valence-corrected chi connectivity index (χ4v) is 0.253. The Morgan fingerprint density at radius 2 is 1.70 bits per heavy atom. The van der Waals surface area contributed by atoms with E-state index in [0.717, 1.165) is 0 Å². The van der Waals surface area contributed by atoms with Crippen molar-refractivity contribution in [1.82, 2.24) is 0 Å². The molecule has 3 N–H and O–H groups in total. The Morgan fingerprint density at radius 1 is 1.30 bits per heavy atom. The van der Waals surface area contributed by atoms with Crippen LogP contribution in [0.5, 0.6) is 0 Å². The molecule has 0 rings (SSSR count). The van der Waals surface area contributed by atoms with E-state index in [9.17, 15) is 9.59 Å². The molecule has 0 aliphatic rings. The number of hydrogen-bond acceptors (Lipinski definition) is 3. The topological polar surface area (TPSA) is 94.8 Å². The van der Waals surface area contributed by atoms with Crippen LogP contribution in [0.4, 0.5) is 0 Å². The molecule has 0 heterocycles. The zero-order valence-electron chi connectivity index (χ0n) is 4.78. The SMILES string of the molecule is O=C(O)CC(O)C(=O)O.[Tb]. The van der Waals surface area contributed by atoms with Crippen molar-refractivity contribution in [2.24, 2.45) is 0 Å². The van der Waals surface area contributed by atoms with Crippen LogP contribution in [0.1, 0.15) is 6.42 Å². The molecule has 0 aromatic rings. The van der Waals surface area contributed by atoms with Gasteiger partial charge in [-0.15, -0.1) is 0 Å². The standard InChI is InChI=1S/C4H6O5.Tb/c5-2(4(8)9)1-3(6)7;/h2,5H,1H2,(H,6,7)(H,8,9);. The molecule has 1 radical (unpaired) electrons. The molecule has 10 heavy (non-hydrogen) atoms. The molecule has 1 unspecified atom stereocenters. The molecule has 0 aromatic carbocycles. The van der Waals surface area contributed by atoms with Crippen molar-refractivity contribution in [3.63, 3.8) is 0 Å². The summed E-state index contributed by atoms with van der Waals surface area (Å²) in [5, 5.41) is 24.1. The molecule has 0 amide bonds. The van der Waals surface area contributed by atoms with Gasteiger partial charge < -0.3 is 15.3 Å². The summed E-state index contributed by atoms with van der Waals surface area (Å²) >= 11 is 0. The minimum atomic E-state index is -1.79. The van der Waals surface area contributed by atoms with Crippen molar-refractivity contribution in [1.29, 1.82) is 0 Å². The van der Waals surface area contributed by atoms with Crippen LogP contribution < -0.4 is 0 Å². The minimum Gasteiger partial charge on any atom is -0.481 e. The van der Waals surface area contributed by atoms with Crippen LogP contribution in [0.3, 0.4) is 0 Å². The zero-order chi connectivity index (χ0) is 7.44. The van der Waals surface area contributed by atoms with Gasteiger partial charge in [0.05, 0.1) is 6.42 Å². The maximum Gasteiger partial charge on any atom is 0.333 e. The molecule has 61 valence electrons. The first-order chi connectivity index (χ1) is 4.04. The fourth-order valence-electron chi connectivity index (χ4n) is 0.253. The van der Waals surface area contributed by atoms with Crippen LogP contribution in [0.2, 0.25) is 0 Å². The molecular weight excluding hydrogens is 287 g/mol. The van der Waals surface area contributed by atoms with Crippen molar-refractivity contribution < 1.29 is 63.5 Å². The maximum atomic E-state index is 9.72. The second-order valence-electron chi connectivity index (χ2n) is 1.45. The van der Waals surface area contributed by atoms with Crippen molar-refractivity contribution in [2.45, 2.75) is 12.5 Å². The van der Waals surface area contributed by atoms with E-state index in [-0.39, 0.29) is 38.6 Å². The number of rotatable bonds is 3. The van der Waals surface area contributed by atoms with Crippen LogP contribution in [-0.4, -0.2) is 33.4 Å². The minimum absolute atomic E-state index is 0. The molecule has 0 saturated heterocycles. The number of aliphatic carboxylic acids is 2. The number of carboxylic acid groups (broad SMARTS) is 2. The van der Waals surface area contributed by atoms with E-state index in [1.807, 2.05) is 0 Å². The van der Waals surface area contributed by atoms with E-state index in [4.69, 9.17) is 15.3 Å². The first kappa shape index (κ1) is 12.8. The summed E-state index contributed by atoms with van der Waals surface area (Å²) in [5.41, 5.74) is 0. The second-order valence-corrected chi connectivity index (χ2v) is 1.45. The van der Waals surface area contributed by atoms with E-state index in [1.165, 1.54) is 0 Å². The van der Waals surface area contributed by atoms with E-state index in [2.05, 4.69) is 0 Å². The van der Waals surface area contributed by atoms with Gasteiger partial charge in [0.15, 0.2) is 6.10 Å². The van der Waals surface area contributed by atoms with Gasteiger partial charge in [0, 0.05) is 38.6 Å². The van der Waals surface area contributed by atoms with Gasteiger partial charge in [-0.2, -0.15) is 0 Å². The van der Waals surface area contributed by atoms with Crippen LogP contribution >= 0.6 is 0 Å². The molecule has 0 spiro atoms. The largest absolute Gasteiger partial charge is 0.481 e. The Morgan fingerprint density at radius 3 is 1.80 bits per heavy atom. The summed E-state index contributed by atoms with van der Waals surface area (Å²) in [4.78, 5) is 19.4. The summed E-state index contributed by atoms with van der Waals surface area (Å²) in [6.07, 6.45) is -2.54. The third kappa shape index (κ3) is 6.31. The number of aliphatic hydroxyl groups is 1. The Bertz CT molecular complexity index is 134. The molecule has 0 bridgehead atoms. The maximum absolute atomic E-state index is 9.72. The fraction of sp³-hybridized carbons (Fsp3) is 0.500. The number of carboxylic acids is 2. The van der Waals surface area contributed by atoms with Crippen molar-refractivity contribution >= 4 is 11.9 Å². The smallest absolute Gasteiger partial charge is 0.333 e. The van der Waals surface area contributed by atoms with E-state index >= 15 is 0 Å². The van der Waals surface area contributed by atoms with E-state index in [1.54, 1.807) is 0 Å². The summed E-state index contributed by atoms with van der Waals surface area (Å²) in [6.45, 7) is 0. The zero-order valence-corrected chi connectivity index (χ0v) is 6.91. The van der Waals surface area contributed by atoms with E-state index < -0.39 is 24.5 Å². The average molecular weight is 293 g/mol. The molecule has 1 atom stereocenters. The van der Waals surface area contributed by atoms with Gasteiger partial charge >= 0.3 is 11.9 Å². The van der Waals surface area contributed by atoms with Crippen molar-refractivity contribution in [3.05, 3.63) is 0 Å². The molecule has 6 heteroatoms. The molecule has 5 nitrogen and oxygen atoms in total. The van der Waals surface area contributed by atoms with Gasteiger partial charge in [0.1, 0.15) is 0 Å². The summed E-state index contributed by atoms with van der Waals surface area (Å²) in [5.74, 6) is -2.85. The predicted octanol–water partition coefficient (Wildman–Crippen LogP) is -1.09. The predicted molar refractivity (Wildman–Crippen MR) is 25.9 cm³/mol. The summed E-state index contributed by atoms with van der Waals surface area (Å²) < 4.78 is 0. The molecule has 0 saturated carbocycles. The summed E-state index contributed by atoms with van der Waals surface area (Å²) in [7, 11) is 0. The third-order valence-electron chi connectivity index (χ3n) is 0.653. The Balaban J connectivity index is 0.